The quantitative estimate of drug-likeness (QED) is 0.179. The van der Waals surface area contributed by atoms with E-state index < -0.39 is 5.41 Å². The second kappa shape index (κ2) is 11.5. The highest BCUT2D eigenvalue weighted by Crippen LogP contribution is 2.57. The first-order valence-corrected chi connectivity index (χ1v) is 16.4. The topological polar surface area (TPSA) is 3.24 Å². The predicted molar refractivity (Wildman–Crippen MR) is 201 cm³/mol. The van der Waals surface area contributed by atoms with E-state index in [-0.39, 0.29) is 0 Å². The SMILES string of the molecule is C(#CC1(c2ccc3ccccc3c2)c2ccccc2-c2c(N(c3ccccc3)c3ccccc3)cccc21)c1ccc2ccccc2c1. The lowest BCUT2D eigenvalue weighted by Crippen LogP contribution is -2.25. The third-order valence-electron chi connectivity index (χ3n) is 9.64. The molecule has 0 saturated carbocycles. The van der Waals surface area contributed by atoms with E-state index in [1.165, 1.54) is 49.4 Å². The zero-order valence-corrected chi connectivity index (χ0v) is 26.3. The van der Waals surface area contributed by atoms with Crippen LogP contribution in [0.3, 0.4) is 0 Å². The highest BCUT2D eigenvalue weighted by atomic mass is 15.1. The van der Waals surface area contributed by atoms with Crippen molar-refractivity contribution >= 4 is 38.6 Å². The minimum Gasteiger partial charge on any atom is -0.310 e. The van der Waals surface area contributed by atoms with Crippen molar-refractivity contribution in [3.05, 3.63) is 210 Å². The number of benzene rings is 8. The monoisotopic (exact) mass is 609 g/mol. The fraction of sp³-hybridized carbons (Fsp3) is 0.0213. The van der Waals surface area contributed by atoms with Crippen molar-refractivity contribution in [2.75, 3.05) is 4.90 Å². The normalized spacial score (nSPS) is 14.6. The van der Waals surface area contributed by atoms with Gasteiger partial charge in [0.15, 0.2) is 0 Å². The predicted octanol–water partition coefficient (Wildman–Crippen LogP) is 11.8. The molecule has 0 bridgehead atoms. The lowest BCUT2D eigenvalue weighted by molar-refractivity contribution is 0.839. The Hall–Kier alpha value is -6.36. The standard InChI is InChI=1S/C47H31N/c1-3-18-40(19-4-1)48(41-20-5-2-6-21-41)45-25-13-24-44-46(45)42-22-11-12-23-43(42)47(44,39-29-28-36-15-8-10-17-38(36)33-39)31-30-34-26-27-35-14-7-9-16-37(35)32-34/h1-29,32-33H. The molecule has 8 aromatic rings. The number of nitrogens with zero attached hydrogens (tertiary/aromatic N) is 1. The molecule has 0 radical (unpaired) electrons. The summed E-state index contributed by atoms with van der Waals surface area (Å²) in [6.45, 7) is 0. The highest BCUT2D eigenvalue weighted by Gasteiger charge is 2.45. The van der Waals surface area contributed by atoms with Crippen molar-refractivity contribution in [2.45, 2.75) is 5.41 Å². The molecule has 1 nitrogen and oxygen atoms in total. The minimum atomic E-state index is -0.698. The molecule has 0 N–H and O–H groups in total. The highest BCUT2D eigenvalue weighted by molar-refractivity contribution is 5.98. The number of hydrogen-bond acceptors (Lipinski definition) is 1. The average Bonchev–Trinajstić information content (AvgIpc) is 3.45. The van der Waals surface area contributed by atoms with Gasteiger partial charge in [0.2, 0.25) is 0 Å². The first kappa shape index (κ1) is 27.9. The van der Waals surface area contributed by atoms with Gasteiger partial charge in [-0.3, -0.25) is 0 Å². The molecule has 224 valence electrons. The summed E-state index contributed by atoms with van der Waals surface area (Å²) < 4.78 is 0. The molecule has 0 amide bonds. The van der Waals surface area contributed by atoms with Crippen LogP contribution in [0.15, 0.2) is 188 Å². The zero-order valence-electron chi connectivity index (χ0n) is 26.3. The summed E-state index contributed by atoms with van der Waals surface area (Å²) in [5.41, 5.74) is 9.65. The third kappa shape index (κ3) is 4.50. The van der Waals surface area contributed by atoms with Gasteiger partial charge in [0.1, 0.15) is 5.41 Å². The van der Waals surface area contributed by atoms with Crippen molar-refractivity contribution in [2.24, 2.45) is 0 Å². The third-order valence-corrected chi connectivity index (χ3v) is 9.64. The maximum Gasteiger partial charge on any atom is 0.108 e. The Morgan fingerprint density at radius 1 is 0.417 bits per heavy atom. The van der Waals surface area contributed by atoms with Crippen LogP contribution in [0, 0.1) is 11.8 Å². The van der Waals surface area contributed by atoms with Gasteiger partial charge in [0, 0.05) is 22.5 Å². The van der Waals surface area contributed by atoms with Crippen LogP contribution in [0.4, 0.5) is 17.1 Å². The summed E-state index contributed by atoms with van der Waals surface area (Å²) in [6, 6.07) is 67.4. The molecule has 48 heavy (non-hydrogen) atoms. The number of anilines is 3. The summed E-state index contributed by atoms with van der Waals surface area (Å²) in [5.74, 6) is 7.64. The van der Waals surface area contributed by atoms with Crippen molar-refractivity contribution in [3.8, 4) is 23.0 Å². The molecule has 0 fully saturated rings. The van der Waals surface area contributed by atoms with E-state index in [1.807, 2.05) is 0 Å². The van der Waals surface area contributed by atoms with E-state index in [9.17, 15) is 0 Å². The van der Waals surface area contributed by atoms with E-state index >= 15 is 0 Å². The van der Waals surface area contributed by atoms with Crippen molar-refractivity contribution in [1.29, 1.82) is 0 Å². The number of para-hydroxylation sites is 2. The zero-order chi connectivity index (χ0) is 31.9. The van der Waals surface area contributed by atoms with Gasteiger partial charge in [-0.2, -0.15) is 0 Å². The van der Waals surface area contributed by atoms with E-state index in [4.69, 9.17) is 0 Å². The first-order valence-electron chi connectivity index (χ1n) is 16.4. The Bertz CT molecular complexity index is 2480. The Morgan fingerprint density at radius 2 is 0.979 bits per heavy atom. The van der Waals surface area contributed by atoms with Crippen LogP contribution in [-0.4, -0.2) is 0 Å². The van der Waals surface area contributed by atoms with Gasteiger partial charge in [-0.05, 0) is 92.3 Å². The second-order valence-corrected chi connectivity index (χ2v) is 12.4. The first-order chi connectivity index (χ1) is 23.8. The smallest absolute Gasteiger partial charge is 0.108 e. The molecular formula is C47H31N. The van der Waals surface area contributed by atoms with Gasteiger partial charge in [0.25, 0.3) is 0 Å². The second-order valence-electron chi connectivity index (χ2n) is 12.4. The van der Waals surface area contributed by atoms with Gasteiger partial charge < -0.3 is 4.90 Å². The van der Waals surface area contributed by atoms with Crippen LogP contribution in [-0.2, 0) is 5.41 Å². The van der Waals surface area contributed by atoms with E-state index in [0.717, 1.165) is 22.6 Å². The number of rotatable bonds is 4. The van der Waals surface area contributed by atoms with Crippen molar-refractivity contribution in [1.82, 2.24) is 0 Å². The molecule has 0 heterocycles. The summed E-state index contributed by atoms with van der Waals surface area (Å²) in [5, 5.41) is 4.84. The fourth-order valence-corrected chi connectivity index (χ4v) is 7.45. The van der Waals surface area contributed by atoms with Crippen LogP contribution in [0.5, 0.6) is 0 Å². The van der Waals surface area contributed by atoms with Gasteiger partial charge in [-0.15, -0.1) is 0 Å². The Kier molecular flexibility index (Phi) is 6.66. The summed E-state index contributed by atoms with van der Waals surface area (Å²) >= 11 is 0. The Morgan fingerprint density at radius 3 is 1.69 bits per heavy atom. The van der Waals surface area contributed by atoms with Gasteiger partial charge in [0.05, 0.1) is 5.69 Å². The summed E-state index contributed by atoms with van der Waals surface area (Å²) in [4.78, 5) is 2.38. The molecule has 0 aromatic heterocycles. The molecule has 1 atom stereocenters. The molecule has 0 saturated heterocycles. The molecule has 1 aliphatic rings. The lowest BCUT2D eigenvalue weighted by atomic mass is 9.72. The van der Waals surface area contributed by atoms with Gasteiger partial charge in [-0.1, -0.05) is 151 Å². The average molecular weight is 610 g/mol. The Labute approximate surface area is 281 Å². The largest absolute Gasteiger partial charge is 0.310 e. The molecule has 9 rings (SSSR count). The van der Waals surface area contributed by atoms with Crippen LogP contribution in [0.1, 0.15) is 22.3 Å². The van der Waals surface area contributed by atoms with E-state index in [0.29, 0.717) is 0 Å². The minimum absolute atomic E-state index is 0.698. The summed E-state index contributed by atoms with van der Waals surface area (Å²) in [7, 11) is 0. The van der Waals surface area contributed by atoms with Crippen LogP contribution in [0.25, 0.3) is 32.7 Å². The fourth-order valence-electron chi connectivity index (χ4n) is 7.45. The van der Waals surface area contributed by atoms with Crippen LogP contribution >= 0.6 is 0 Å². The molecular weight excluding hydrogens is 579 g/mol. The molecule has 0 spiro atoms. The summed E-state index contributed by atoms with van der Waals surface area (Å²) in [6.07, 6.45) is 0. The maximum atomic E-state index is 3.95. The molecule has 1 aliphatic carbocycles. The van der Waals surface area contributed by atoms with Crippen LogP contribution < -0.4 is 4.90 Å². The van der Waals surface area contributed by atoms with Crippen molar-refractivity contribution < 1.29 is 0 Å². The Balaban J connectivity index is 1.36. The number of fused-ring (bicyclic) bond motifs is 5. The number of hydrogen-bond donors (Lipinski definition) is 0. The van der Waals surface area contributed by atoms with E-state index in [2.05, 4.69) is 205 Å². The van der Waals surface area contributed by atoms with Gasteiger partial charge >= 0.3 is 0 Å². The lowest BCUT2D eigenvalue weighted by Gasteiger charge is -2.30. The molecule has 1 heteroatoms. The van der Waals surface area contributed by atoms with Crippen LogP contribution in [0.2, 0.25) is 0 Å². The van der Waals surface area contributed by atoms with Crippen molar-refractivity contribution in [3.63, 3.8) is 0 Å². The molecule has 8 aromatic carbocycles. The maximum absolute atomic E-state index is 3.95. The molecule has 1 unspecified atom stereocenters. The molecule has 0 aliphatic heterocycles. The van der Waals surface area contributed by atoms with E-state index in [1.54, 1.807) is 0 Å². The van der Waals surface area contributed by atoms with Gasteiger partial charge in [-0.25, -0.2) is 0 Å².